The van der Waals surface area contributed by atoms with Gasteiger partial charge in [-0.15, -0.1) is 0 Å². The van der Waals surface area contributed by atoms with Gasteiger partial charge in [-0.25, -0.2) is 23.1 Å². The van der Waals surface area contributed by atoms with E-state index in [-0.39, 0.29) is 15.8 Å². The Labute approximate surface area is 217 Å². The summed E-state index contributed by atoms with van der Waals surface area (Å²) in [5.74, 6) is -3.91. The zero-order valence-corrected chi connectivity index (χ0v) is 22.1. The molecule has 1 unspecified atom stereocenters. The molecule has 37 heavy (non-hydrogen) atoms. The van der Waals surface area contributed by atoms with Crippen LogP contribution >= 0.6 is 23.8 Å². The molecule has 1 aromatic heterocycles. The summed E-state index contributed by atoms with van der Waals surface area (Å²) in [6, 6.07) is 6.30. The van der Waals surface area contributed by atoms with Gasteiger partial charge >= 0.3 is 19.5 Å². The van der Waals surface area contributed by atoms with E-state index in [1.807, 2.05) is 0 Å². The van der Waals surface area contributed by atoms with Gasteiger partial charge < -0.3 is 23.7 Å². The van der Waals surface area contributed by atoms with E-state index in [1.54, 1.807) is 6.07 Å². The Morgan fingerprint density at radius 3 is 2.70 bits per heavy atom. The van der Waals surface area contributed by atoms with Gasteiger partial charge in [-0.05, 0) is 19.1 Å². The molecule has 0 spiro atoms. The van der Waals surface area contributed by atoms with Crippen LogP contribution in [0.5, 0.6) is 5.75 Å². The van der Waals surface area contributed by atoms with Gasteiger partial charge in [0.15, 0.2) is 0 Å². The Morgan fingerprint density at radius 1 is 1.43 bits per heavy atom. The number of hydrogen-bond donors (Lipinski definition) is 3. The molecule has 1 saturated heterocycles. The number of phosphoric acid groups is 1. The van der Waals surface area contributed by atoms with E-state index in [9.17, 15) is 28.4 Å². The molecule has 13 nitrogen and oxygen atoms in total. The van der Waals surface area contributed by atoms with Crippen LogP contribution in [0.3, 0.4) is 0 Å². The zero-order chi connectivity index (χ0) is 27.4. The Hall–Kier alpha value is -2.65. The Kier molecular flexibility index (Phi) is 9.23. The molecule has 0 bridgehead atoms. The van der Waals surface area contributed by atoms with Crippen LogP contribution in [-0.4, -0.2) is 52.3 Å². The molecule has 0 saturated carbocycles. The Balaban J connectivity index is 1.95. The van der Waals surface area contributed by atoms with Gasteiger partial charge in [0.05, 0.1) is 19.1 Å². The van der Waals surface area contributed by atoms with Crippen molar-refractivity contribution in [3.8, 4) is 5.75 Å². The Bertz CT molecular complexity index is 1310. The molecule has 16 heteroatoms. The number of aromatic nitrogens is 2. The highest BCUT2D eigenvalue weighted by atomic mass is 79.9. The van der Waals surface area contributed by atoms with E-state index in [4.69, 9.17) is 18.3 Å². The van der Waals surface area contributed by atoms with Crippen molar-refractivity contribution in [1.82, 2.24) is 15.0 Å². The third kappa shape index (κ3) is 6.82. The molecule has 0 radical (unpaired) electrons. The van der Waals surface area contributed by atoms with Crippen molar-refractivity contribution in [3.63, 3.8) is 0 Å². The summed E-state index contributed by atoms with van der Waals surface area (Å²) in [7, 11) is -3.78. The summed E-state index contributed by atoms with van der Waals surface area (Å²) >= 11 is 3.04. The third-order valence-electron chi connectivity index (χ3n) is 5.08. The number of hydroxylamine groups is 1. The van der Waals surface area contributed by atoms with Gasteiger partial charge in [0, 0.05) is 10.7 Å². The minimum absolute atomic E-state index is 0.0389. The number of phosphoric ester groups is 1. The number of para-hydroxylation sites is 1. The molecular formula is C21H24BrFN3O10P. The van der Waals surface area contributed by atoms with Crippen LogP contribution in [0.4, 0.5) is 4.39 Å². The number of ether oxygens (including phenoxy) is 1. The monoisotopic (exact) mass is 607 g/mol. The minimum atomic E-state index is -5.01. The topological polar surface area (TPSA) is 167 Å². The number of benzene rings is 1. The number of aromatic amines is 1. The normalized spacial score (nSPS) is 23.7. The number of halogens is 2. The number of aliphatic hydroxyl groups is 1. The van der Waals surface area contributed by atoms with Crippen molar-refractivity contribution in [2.75, 3.05) is 13.8 Å². The third-order valence-corrected chi connectivity index (χ3v) is 6.89. The Morgan fingerprint density at radius 2 is 2.11 bits per heavy atom. The molecular weight excluding hydrogens is 584 g/mol. The predicted octanol–water partition coefficient (Wildman–Crippen LogP) is 2.13. The van der Waals surface area contributed by atoms with Crippen molar-refractivity contribution in [1.29, 1.82) is 0 Å². The number of hydrogen-bond acceptors (Lipinski definition) is 11. The fourth-order valence-corrected chi connectivity index (χ4v) is 5.04. The molecule has 1 fully saturated rings. The summed E-state index contributed by atoms with van der Waals surface area (Å²) in [4.78, 5) is 43.6. The second-order valence-corrected chi connectivity index (χ2v) is 10.2. The van der Waals surface area contributed by atoms with Crippen molar-refractivity contribution in [2.24, 2.45) is 0 Å². The molecule has 1 aliphatic rings. The maximum Gasteiger partial charge on any atom is 0.592 e. The van der Waals surface area contributed by atoms with Crippen molar-refractivity contribution < 1.29 is 42.0 Å². The molecule has 202 valence electrons. The molecule has 0 amide bonds. The van der Waals surface area contributed by atoms with E-state index < -0.39 is 62.3 Å². The molecule has 0 aliphatic carbocycles. The minimum Gasteiger partial charge on any atom is -0.395 e. The maximum absolute atomic E-state index is 14.0. The van der Waals surface area contributed by atoms with Crippen LogP contribution in [0.1, 0.15) is 25.1 Å². The summed E-state index contributed by atoms with van der Waals surface area (Å²) in [6.45, 7) is 3.54. The number of rotatable bonds is 11. The summed E-state index contributed by atoms with van der Waals surface area (Å²) in [6.07, 6.45) is -2.78. The maximum atomic E-state index is 14.0. The largest absolute Gasteiger partial charge is 0.592 e. The highest BCUT2D eigenvalue weighted by molar-refractivity contribution is 9.15. The smallest absolute Gasteiger partial charge is 0.395 e. The van der Waals surface area contributed by atoms with Gasteiger partial charge in [-0.3, -0.25) is 14.3 Å². The van der Waals surface area contributed by atoms with Gasteiger partial charge in [0.2, 0.25) is 5.79 Å². The molecule has 2 heterocycles. The fourth-order valence-electron chi connectivity index (χ4n) is 3.31. The highest BCUT2D eigenvalue weighted by Gasteiger charge is 2.56. The highest BCUT2D eigenvalue weighted by Crippen LogP contribution is 2.56. The average molecular weight is 608 g/mol. The van der Waals surface area contributed by atoms with Gasteiger partial charge in [0.1, 0.15) is 30.8 Å². The lowest BCUT2D eigenvalue weighted by atomic mass is 10.1. The van der Waals surface area contributed by atoms with E-state index >= 15 is 0 Å². The number of nitrogens with one attached hydrogen (secondary N) is 2. The van der Waals surface area contributed by atoms with Crippen molar-refractivity contribution in [3.05, 3.63) is 69.5 Å². The van der Waals surface area contributed by atoms with Crippen molar-refractivity contribution >= 4 is 34.2 Å². The first-order chi connectivity index (χ1) is 17.4. The number of carbonyl (C=O) groups excluding carboxylic acids is 1. The lowest BCUT2D eigenvalue weighted by Gasteiger charge is -2.29. The van der Waals surface area contributed by atoms with Crippen LogP contribution < -0.4 is 21.3 Å². The molecule has 3 N–H and O–H groups in total. The number of nitrogens with zero attached hydrogens (tertiary/aromatic N) is 1. The molecule has 5 atom stereocenters. The molecule has 3 rings (SSSR count). The second kappa shape index (κ2) is 11.8. The summed E-state index contributed by atoms with van der Waals surface area (Å²) < 4.78 is 49.6. The van der Waals surface area contributed by atoms with E-state index in [0.29, 0.717) is 0 Å². The van der Waals surface area contributed by atoms with E-state index in [1.165, 1.54) is 38.3 Å². The lowest BCUT2D eigenvalue weighted by Crippen LogP contribution is -2.43. The van der Waals surface area contributed by atoms with E-state index in [2.05, 4.69) is 37.8 Å². The predicted molar refractivity (Wildman–Crippen MR) is 130 cm³/mol. The molecule has 1 aromatic carbocycles. The quantitative estimate of drug-likeness (QED) is 0.194. The number of H-pyrrole nitrogens is 1. The number of alkyl halides is 1. The van der Waals surface area contributed by atoms with Crippen LogP contribution in [0.2, 0.25) is 0 Å². The lowest BCUT2D eigenvalue weighted by molar-refractivity contribution is -0.189. The fraction of sp³-hybridized carbons (Fsp3) is 0.381. The van der Waals surface area contributed by atoms with Crippen LogP contribution in [-0.2, 0) is 28.0 Å². The standard InChI is InChI=1S/C21H24BrFN3O10P/c1-12(22)15-11-26(20(29)24-18(15)27)17-9-21(30,16(10-23)33-17)36-37(31,34-14-7-5-4-6-8-14)35-19(28)13(2)25-32-3/h4-8,11,13,16-17,25,30H,1,9-10H2,2-3H3,(H,24,27,29)/t13-,16+,17+,21-,37?/m0/s1. The first-order valence-corrected chi connectivity index (χ1v) is 12.9. The second-order valence-electron chi connectivity index (χ2n) is 7.79. The van der Waals surface area contributed by atoms with Gasteiger partial charge in [-0.1, -0.05) is 40.7 Å². The SMILES string of the molecule is C=C(Br)c1cn([C@H]2C[C@](O)(OP(=O)(OC(=O)[C@H](C)NOC)Oc3ccccc3)[C@@H](CF)O2)c(=O)[nH]c1=O. The first-order valence-electron chi connectivity index (χ1n) is 10.6. The zero-order valence-electron chi connectivity index (χ0n) is 19.6. The van der Waals surface area contributed by atoms with Crippen LogP contribution in [0.25, 0.3) is 4.48 Å². The first kappa shape index (κ1) is 28.9. The summed E-state index contributed by atoms with van der Waals surface area (Å²) in [5, 5.41) is 11.2. The molecule has 1 aliphatic heterocycles. The van der Waals surface area contributed by atoms with E-state index in [0.717, 1.165) is 10.8 Å². The van der Waals surface area contributed by atoms with Crippen molar-refractivity contribution in [2.45, 2.75) is 37.5 Å². The van der Waals surface area contributed by atoms with Gasteiger partial charge in [-0.2, -0.15) is 5.48 Å². The number of carbonyl (C=O) groups is 1. The average Bonchev–Trinajstić information content (AvgIpc) is 3.14. The molecule has 2 aromatic rings. The summed E-state index contributed by atoms with van der Waals surface area (Å²) in [5.41, 5.74) is 0.548. The van der Waals surface area contributed by atoms with Crippen LogP contribution in [0, 0.1) is 0 Å². The van der Waals surface area contributed by atoms with Gasteiger partial charge in [0.25, 0.3) is 5.56 Å². The van der Waals surface area contributed by atoms with Crippen LogP contribution in [0.15, 0.2) is 52.7 Å².